The summed E-state index contributed by atoms with van der Waals surface area (Å²) >= 11 is 5.68. The van der Waals surface area contributed by atoms with E-state index in [4.69, 9.17) is 11.6 Å². The highest BCUT2D eigenvalue weighted by atomic mass is 35.5. The predicted octanol–water partition coefficient (Wildman–Crippen LogP) is 3.68. The number of sulfone groups is 1. The van der Waals surface area contributed by atoms with Gasteiger partial charge in [-0.15, -0.1) is 0 Å². The van der Waals surface area contributed by atoms with Gasteiger partial charge >= 0.3 is 0 Å². The van der Waals surface area contributed by atoms with Gasteiger partial charge in [0.2, 0.25) is 5.91 Å². The van der Waals surface area contributed by atoms with Gasteiger partial charge in [-0.3, -0.25) is 9.59 Å². The Kier molecular flexibility index (Phi) is 6.91. The van der Waals surface area contributed by atoms with Crippen LogP contribution in [0.25, 0.3) is 0 Å². The van der Waals surface area contributed by atoms with Crippen molar-refractivity contribution in [2.24, 2.45) is 5.92 Å². The minimum Gasteiger partial charge on any atom is -0.347 e. The van der Waals surface area contributed by atoms with Gasteiger partial charge < -0.3 is 10.2 Å². The third-order valence-electron chi connectivity index (χ3n) is 6.20. The van der Waals surface area contributed by atoms with Gasteiger partial charge in [0.25, 0.3) is 5.91 Å². The van der Waals surface area contributed by atoms with Crippen LogP contribution in [0.15, 0.2) is 35.5 Å². The van der Waals surface area contributed by atoms with Gasteiger partial charge in [-0.25, -0.2) is 22.2 Å². The summed E-state index contributed by atoms with van der Waals surface area (Å²) in [5.74, 6) is -2.38. The molecule has 1 N–H and O–H groups in total. The van der Waals surface area contributed by atoms with E-state index in [0.29, 0.717) is 19.4 Å². The van der Waals surface area contributed by atoms with Crippen LogP contribution in [-0.2, 0) is 14.6 Å². The fraction of sp³-hybridized carbons (Fsp3) is 0.435. The van der Waals surface area contributed by atoms with Crippen LogP contribution in [0, 0.1) is 17.6 Å². The lowest BCUT2D eigenvalue weighted by Crippen LogP contribution is -2.52. The Labute approximate surface area is 201 Å². The summed E-state index contributed by atoms with van der Waals surface area (Å²) < 4.78 is 51.9. The Morgan fingerprint density at radius 3 is 2.50 bits per heavy atom. The van der Waals surface area contributed by atoms with Crippen LogP contribution in [-0.4, -0.2) is 49.0 Å². The van der Waals surface area contributed by atoms with Crippen molar-refractivity contribution in [3.8, 4) is 0 Å². The zero-order chi connectivity index (χ0) is 24.6. The molecule has 182 valence electrons. The smallest absolute Gasteiger partial charge is 0.256 e. The molecule has 1 saturated heterocycles. The molecule has 2 aromatic rings. The molecule has 34 heavy (non-hydrogen) atoms. The number of carbonyl (C=O) groups is 2. The topological polar surface area (TPSA) is 96.4 Å². The van der Waals surface area contributed by atoms with Crippen molar-refractivity contribution < 1.29 is 26.8 Å². The minimum absolute atomic E-state index is 0.0282. The van der Waals surface area contributed by atoms with Gasteiger partial charge in [0.15, 0.2) is 14.9 Å². The van der Waals surface area contributed by atoms with E-state index >= 15 is 0 Å². The molecule has 2 fully saturated rings. The Morgan fingerprint density at radius 1 is 1.15 bits per heavy atom. The quantitative estimate of drug-likeness (QED) is 0.597. The van der Waals surface area contributed by atoms with Crippen molar-refractivity contribution in [2.45, 2.75) is 49.2 Å². The fourth-order valence-electron chi connectivity index (χ4n) is 4.24. The molecule has 1 aliphatic carbocycles. The van der Waals surface area contributed by atoms with Gasteiger partial charge in [-0.2, -0.15) is 0 Å². The highest BCUT2D eigenvalue weighted by molar-refractivity contribution is 7.90. The summed E-state index contributed by atoms with van der Waals surface area (Å²) in [5, 5.41) is 2.36. The highest BCUT2D eigenvalue weighted by Gasteiger charge is 2.39. The van der Waals surface area contributed by atoms with E-state index in [9.17, 15) is 26.8 Å². The van der Waals surface area contributed by atoms with E-state index < -0.39 is 45.4 Å². The predicted molar refractivity (Wildman–Crippen MR) is 121 cm³/mol. The fourth-order valence-corrected chi connectivity index (χ4v) is 4.95. The van der Waals surface area contributed by atoms with Crippen molar-refractivity contribution in [1.82, 2.24) is 15.2 Å². The lowest BCUT2D eigenvalue weighted by Gasteiger charge is -2.35. The summed E-state index contributed by atoms with van der Waals surface area (Å²) in [6.07, 6.45) is 5.58. The van der Waals surface area contributed by atoms with Gasteiger partial charge in [0, 0.05) is 24.6 Å². The monoisotopic (exact) mass is 511 g/mol. The molecular weight excluding hydrogens is 488 g/mol. The molecule has 2 amide bonds. The van der Waals surface area contributed by atoms with Crippen molar-refractivity contribution in [2.75, 3.05) is 12.8 Å². The van der Waals surface area contributed by atoms with E-state index in [-0.39, 0.29) is 27.1 Å². The lowest BCUT2D eigenvalue weighted by molar-refractivity contribution is -0.127. The SMILES string of the molecule is CS(=O)(=O)c1ccc(C(=O)N2CCCC[C@@H]2C(=O)N[C@@H](c2cc(F)c(Cl)cc2F)C2CC2)cn1. The summed E-state index contributed by atoms with van der Waals surface area (Å²) in [5.41, 5.74) is 0.198. The molecule has 1 aromatic carbocycles. The maximum atomic E-state index is 14.6. The molecule has 4 rings (SSSR count). The van der Waals surface area contributed by atoms with Crippen molar-refractivity contribution in [3.63, 3.8) is 0 Å². The highest BCUT2D eigenvalue weighted by Crippen LogP contribution is 2.42. The number of nitrogens with zero attached hydrogens (tertiary/aromatic N) is 2. The number of hydrogen-bond donors (Lipinski definition) is 1. The second kappa shape index (κ2) is 9.58. The Balaban J connectivity index is 1.55. The first-order valence-electron chi connectivity index (χ1n) is 11.0. The molecule has 2 heterocycles. The number of halogens is 3. The normalized spacial score (nSPS) is 19.5. The third-order valence-corrected chi connectivity index (χ3v) is 7.49. The van der Waals surface area contributed by atoms with E-state index in [1.54, 1.807) is 0 Å². The van der Waals surface area contributed by atoms with Crippen LogP contribution in [0.2, 0.25) is 5.02 Å². The number of hydrogen-bond acceptors (Lipinski definition) is 5. The molecule has 0 spiro atoms. The number of nitrogens with one attached hydrogen (secondary N) is 1. The van der Waals surface area contributed by atoms with Crippen molar-refractivity contribution >= 4 is 33.3 Å². The van der Waals surface area contributed by atoms with Gasteiger partial charge in [-0.05, 0) is 62.3 Å². The van der Waals surface area contributed by atoms with Gasteiger partial charge in [-0.1, -0.05) is 11.6 Å². The number of carbonyl (C=O) groups excluding carboxylic acids is 2. The Hall–Kier alpha value is -2.59. The van der Waals surface area contributed by atoms with E-state index in [2.05, 4.69) is 10.3 Å². The molecule has 1 aromatic heterocycles. The number of piperidine rings is 1. The minimum atomic E-state index is -3.51. The van der Waals surface area contributed by atoms with Crippen LogP contribution in [0.1, 0.15) is 54.1 Å². The summed E-state index contributed by atoms with van der Waals surface area (Å²) in [4.78, 5) is 31.7. The standard InChI is InChI=1S/C23H24ClF2N3O4S/c1-34(32,33)20-8-7-14(12-27-20)23(31)29-9-3-2-4-19(29)22(30)28-21(13-5-6-13)15-10-18(26)16(24)11-17(15)25/h7-8,10-13,19,21H,2-6,9H2,1H3,(H,28,30)/t19-,21-/m1/s1. The number of likely N-dealkylation sites (tertiary alicyclic amines) is 1. The van der Waals surface area contributed by atoms with Gasteiger partial charge in [0.1, 0.15) is 17.7 Å². The number of aromatic nitrogens is 1. The number of rotatable bonds is 6. The molecule has 7 nitrogen and oxygen atoms in total. The summed E-state index contributed by atoms with van der Waals surface area (Å²) in [7, 11) is -3.51. The average Bonchev–Trinajstić information content (AvgIpc) is 3.64. The average molecular weight is 512 g/mol. The number of amides is 2. The lowest BCUT2D eigenvalue weighted by atomic mass is 9.97. The van der Waals surface area contributed by atoms with Crippen molar-refractivity contribution in [3.05, 3.63) is 58.2 Å². The molecule has 1 saturated carbocycles. The Morgan fingerprint density at radius 2 is 1.88 bits per heavy atom. The van der Waals surface area contributed by atoms with Crippen LogP contribution in [0.3, 0.4) is 0 Å². The van der Waals surface area contributed by atoms with Crippen LogP contribution in [0.5, 0.6) is 0 Å². The number of benzene rings is 1. The number of pyridine rings is 1. The molecule has 2 aliphatic rings. The van der Waals surface area contributed by atoms with E-state index in [1.807, 2.05) is 0 Å². The Bertz CT molecular complexity index is 1220. The summed E-state index contributed by atoms with van der Waals surface area (Å²) in [6.45, 7) is 0.336. The van der Waals surface area contributed by atoms with Gasteiger partial charge in [0.05, 0.1) is 16.6 Å². The first-order valence-corrected chi connectivity index (χ1v) is 13.2. The summed E-state index contributed by atoms with van der Waals surface area (Å²) in [6, 6.07) is 3.01. The zero-order valence-electron chi connectivity index (χ0n) is 18.4. The molecular formula is C23H24ClF2N3O4S. The van der Waals surface area contributed by atoms with E-state index in [1.165, 1.54) is 23.2 Å². The molecule has 2 atom stereocenters. The van der Waals surface area contributed by atoms with Crippen LogP contribution >= 0.6 is 11.6 Å². The zero-order valence-corrected chi connectivity index (χ0v) is 20.0. The van der Waals surface area contributed by atoms with Crippen LogP contribution < -0.4 is 5.32 Å². The second-order valence-electron chi connectivity index (χ2n) is 8.78. The molecule has 11 heteroatoms. The largest absolute Gasteiger partial charge is 0.347 e. The maximum absolute atomic E-state index is 14.6. The van der Waals surface area contributed by atoms with E-state index in [0.717, 1.165) is 37.7 Å². The molecule has 1 aliphatic heterocycles. The first-order chi connectivity index (χ1) is 16.1. The molecule has 0 unspecified atom stereocenters. The first kappa shape index (κ1) is 24.5. The van der Waals surface area contributed by atoms with Crippen LogP contribution in [0.4, 0.5) is 8.78 Å². The molecule has 0 radical (unpaired) electrons. The maximum Gasteiger partial charge on any atom is 0.256 e. The second-order valence-corrected chi connectivity index (χ2v) is 11.1. The van der Waals surface area contributed by atoms with Crippen molar-refractivity contribution in [1.29, 1.82) is 0 Å². The molecule has 0 bridgehead atoms. The third kappa shape index (κ3) is 5.22.